The molecule has 0 saturated carbocycles. The van der Waals surface area contributed by atoms with Crippen molar-refractivity contribution in [1.29, 1.82) is 0 Å². The van der Waals surface area contributed by atoms with Gasteiger partial charge in [-0.3, -0.25) is 4.18 Å². The van der Waals surface area contributed by atoms with Crippen molar-refractivity contribution in [3.63, 3.8) is 0 Å². The van der Waals surface area contributed by atoms with Crippen LogP contribution in [0.2, 0.25) is 0 Å². The summed E-state index contributed by atoms with van der Waals surface area (Å²) in [5.74, 6) is 0. The van der Waals surface area contributed by atoms with Crippen LogP contribution in [0.3, 0.4) is 0 Å². The van der Waals surface area contributed by atoms with Crippen LogP contribution >= 0.6 is 11.3 Å². The van der Waals surface area contributed by atoms with Crippen LogP contribution in [0.4, 0.5) is 0 Å². The van der Waals surface area contributed by atoms with E-state index in [1.54, 1.807) is 12.1 Å². The van der Waals surface area contributed by atoms with Crippen LogP contribution in [0.15, 0.2) is 45.5 Å². The highest BCUT2D eigenvalue weighted by atomic mass is 32.2. The van der Waals surface area contributed by atoms with Gasteiger partial charge in [-0.2, -0.15) is 8.42 Å². The van der Waals surface area contributed by atoms with Crippen LogP contribution in [0.25, 0.3) is 0 Å². The quantitative estimate of drug-likeness (QED) is 0.716. The lowest BCUT2D eigenvalue weighted by Crippen LogP contribution is -2.28. The number of thiophene rings is 1. The third kappa shape index (κ3) is 4.41. The lowest BCUT2D eigenvalue weighted by Gasteiger charge is -2.21. The van der Waals surface area contributed by atoms with E-state index in [2.05, 4.69) is 0 Å². The Labute approximate surface area is 144 Å². The zero-order valence-electron chi connectivity index (χ0n) is 13.0. The third-order valence-electron chi connectivity index (χ3n) is 3.20. The molecule has 1 atom stereocenters. The number of rotatable bonds is 6. The SMILES string of the molecule is Cc1ccc(S(=O)(=O)OCC(C)(O)c2ccc(S(N)(=O)=O)s2)cc1. The van der Waals surface area contributed by atoms with Crippen molar-refractivity contribution in [3.05, 3.63) is 46.8 Å². The molecule has 0 bridgehead atoms. The van der Waals surface area contributed by atoms with Crippen LogP contribution < -0.4 is 5.14 Å². The summed E-state index contributed by atoms with van der Waals surface area (Å²) in [6.07, 6.45) is 0. The van der Waals surface area contributed by atoms with E-state index in [-0.39, 0.29) is 14.0 Å². The summed E-state index contributed by atoms with van der Waals surface area (Å²) in [5.41, 5.74) is -0.791. The first-order valence-corrected chi connectivity index (χ1v) is 10.5. The Morgan fingerprint density at radius 1 is 1.12 bits per heavy atom. The minimum absolute atomic E-state index is 0.0275. The van der Waals surface area contributed by atoms with E-state index in [0.717, 1.165) is 16.9 Å². The molecule has 2 aromatic rings. The van der Waals surface area contributed by atoms with E-state index >= 15 is 0 Å². The normalized spacial score (nSPS) is 15.2. The summed E-state index contributed by atoms with van der Waals surface area (Å²) in [6, 6.07) is 8.69. The molecule has 132 valence electrons. The molecular weight excluding hydrogens is 374 g/mol. The van der Waals surface area contributed by atoms with Gasteiger partial charge in [0.15, 0.2) is 0 Å². The van der Waals surface area contributed by atoms with E-state index in [4.69, 9.17) is 9.32 Å². The maximum Gasteiger partial charge on any atom is 0.297 e. The Hall–Kier alpha value is -1.30. The fourth-order valence-corrected chi connectivity index (χ4v) is 4.55. The van der Waals surface area contributed by atoms with Crippen LogP contribution in [0.1, 0.15) is 17.4 Å². The minimum atomic E-state index is -4.04. The van der Waals surface area contributed by atoms with E-state index in [0.29, 0.717) is 0 Å². The molecule has 7 nitrogen and oxygen atoms in total. The van der Waals surface area contributed by atoms with Gasteiger partial charge in [0.25, 0.3) is 10.1 Å². The van der Waals surface area contributed by atoms with Gasteiger partial charge < -0.3 is 5.11 Å². The molecule has 0 amide bonds. The van der Waals surface area contributed by atoms with Gasteiger partial charge in [-0.25, -0.2) is 13.6 Å². The Morgan fingerprint density at radius 3 is 2.21 bits per heavy atom. The van der Waals surface area contributed by atoms with Gasteiger partial charge >= 0.3 is 0 Å². The van der Waals surface area contributed by atoms with Crippen molar-refractivity contribution in [2.45, 2.75) is 28.6 Å². The predicted octanol–water partition coefficient (Wildman–Crippen LogP) is 1.32. The molecule has 0 fully saturated rings. The zero-order chi connectivity index (χ0) is 18.2. The van der Waals surface area contributed by atoms with Crippen LogP contribution in [-0.2, 0) is 29.9 Å². The second-order valence-corrected chi connectivity index (χ2v) is 9.95. The molecule has 2 rings (SSSR count). The maximum atomic E-state index is 12.1. The van der Waals surface area contributed by atoms with E-state index in [1.807, 2.05) is 6.92 Å². The summed E-state index contributed by atoms with van der Waals surface area (Å²) < 4.78 is 51.6. The highest BCUT2D eigenvalue weighted by molar-refractivity contribution is 7.91. The lowest BCUT2D eigenvalue weighted by atomic mass is 10.1. The second kappa shape index (κ2) is 6.54. The molecule has 1 unspecified atom stereocenters. The number of nitrogens with two attached hydrogens (primary N) is 1. The molecule has 0 aliphatic rings. The van der Waals surface area contributed by atoms with Gasteiger partial charge in [0.05, 0.1) is 4.90 Å². The predicted molar refractivity (Wildman–Crippen MR) is 89.6 cm³/mol. The Balaban J connectivity index is 2.17. The van der Waals surface area contributed by atoms with Crippen LogP contribution in [0, 0.1) is 6.92 Å². The van der Waals surface area contributed by atoms with Gasteiger partial charge in [-0.1, -0.05) is 17.7 Å². The smallest absolute Gasteiger partial charge is 0.297 e. The fourth-order valence-electron chi connectivity index (χ4n) is 1.80. The maximum absolute atomic E-state index is 12.1. The third-order valence-corrected chi connectivity index (χ3v) is 7.25. The summed E-state index contributed by atoms with van der Waals surface area (Å²) in [5, 5.41) is 15.4. The van der Waals surface area contributed by atoms with Gasteiger partial charge in [0.2, 0.25) is 10.0 Å². The summed E-state index contributed by atoms with van der Waals surface area (Å²) >= 11 is 0.757. The molecule has 1 aromatic heterocycles. The molecule has 0 radical (unpaired) electrons. The average molecular weight is 391 g/mol. The van der Waals surface area contributed by atoms with Crippen molar-refractivity contribution < 1.29 is 26.1 Å². The van der Waals surface area contributed by atoms with Crippen molar-refractivity contribution >= 4 is 31.5 Å². The zero-order valence-corrected chi connectivity index (χ0v) is 15.4. The van der Waals surface area contributed by atoms with E-state index in [1.165, 1.54) is 31.2 Å². The van der Waals surface area contributed by atoms with E-state index < -0.39 is 32.3 Å². The van der Waals surface area contributed by atoms with Crippen molar-refractivity contribution in [2.75, 3.05) is 6.61 Å². The van der Waals surface area contributed by atoms with Gasteiger partial charge in [0.1, 0.15) is 16.4 Å². The molecule has 0 spiro atoms. The first kappa shape index (κ1) is 19.0. The topological polar surface area (TPSA) is 124 Å². The molecule has 10 heteroatoms. The molecule has 1 aromatic carbocycles. The van der Waals surface area contributed by atoms with Crippen molar-refractivity contribution in [2.24, 2.45) is 5.14 Å². The average Bonchev–Trinajstić information content (AvgIpc) is 2.97. The Bertz CT molecular complexity index is 927. The fraction of sp³-hybridized carbons (Fsp3) is 0.286. The molecule has 0 saturated heterocycles. The van der Waals surface area contributed by atoms with Gasteiger partial charge in [0, 0.05) is 4.88 Å². The summed E-state index contributed by atoms with van der Waals surface area (Å²) in [6.45, 7) is 2.59. The van der Waals surface area contributed by atoms with Crippen molar-refractivity contribution in [1.82, 2.24) is 0 Å². The number of benzene rings is 1. The molecule has 0 aliphatic heterocycles. The van der Waals surface area contributed by atoms with Crippen LogP contribution in [-0.4, -0.2) is 28.5 Å². The number of aliphatic hydroxyl groups is 1. The Morgan fingerprint density at radius 2 is 1.71 bits per heavy atom. The lowest BCUT2D eigenvalue weighted by molar-refractivity contribution is 0.0129. The number of aryl methyl sites for hydroxylation is 1. The van der Waals surface area contributed by atoms with Crippen molar-refractivity contribution in [3.8, 4) is 0 Å². The highest BCUT2D eigenvalue weighted by Gasteiger charge is 2.30. The van der Waals surface area contributed by atoms with Gasteiger partial charge in [-0.05, 0) is 38.1 Å². The number of sulfonamides is 1. The summed E-state index contributed by atoms with van der Waals surface area (Å²) in [4.78, 5) is 0.200. The molecule has 0 aliphatic carbocycles. The monoisotopic (exact) mass is 391 g/mol. The first-order chi connectivity index (χ1) is 10.9. The number of hydrogen-bond donors (Lipinski definition) is 2. The largest absolute Gasteiger partial charge is 0.382 e. The standard InChI is InChI=1S/C14H17NO6S3/c1-10-3-5-11(6-4-10)24(19,20)21-9-14(2,16)12-7-8-13(22-12)23(15,17)18/h3-8,16H,9H2,1-2H3,(H2,15,17,18). The van der Waals surface area contributed by atoms with Crippen LogP contribution in [0.5, 0.6) is 0 Å². The molecular formula is C14H17NO6S3. The molecule has 24 heavy (non-hydrogen) atoms. The van der Waals surface area contributed by atoms with Gasteiger partial charge in [-0.15, -0.1) is 11.3 Å². The highest BCUT2D eigenvalue weighted by Crippen LogP contribution is 2.31. The molecule has 1 heterocycles. The number of primary sulfonamides is 1. The number of hydrogen-bond acceptors (Lipinski definition) is 7. The first-order valence-electron chi connectivity index (χ1n) is 6.73. The Kier molecular flexibility index (Phi) is 5.19. The minimum Gasteiger partial charge on any atom is -0.382 e. The summed E-state index contributed by atoms with van der Waals surface area (Å²) in [7, 11) is -7.92. The molecule has 3 N–H and O–H groups in total. The van der Waals surface area contributed by atoms with E-state index in [9.17, 15) is 21.9 Å². The second-order valence-electron chi connectivity index (χ2n) is 5.47.